The number of rotatable bonds is 6. The number of carbonyl (C=O) groups excluding carboxylic acids is 3. The van der Waals surface area contributed by atoms with E-state index in [-0.39, 0.29) is 62.4 Å². The van der Waals surface area contributed by atoms with E-state index in [0.717, 1.165) is 12.8 Å². The standard InChI is InChI=1S/C24H41N4O6.Ac/c1-10-14(11-2)18(25)16-12-15(19(29)32-9)13-17(16)26-20(27-21(30)33-23(3,4)5)28-22(31)34-24(6,7)8;/h12,14,16-18,25H,10-11,13H2,1-9H3,(H2,26,27,28,30,31);/q-1;/t16-,17-,18?;/m1./s1. The van der Waals surface area contributed by atoms with E-state index < -0.39 is 47.4 Å². The molecule has 35 heavy (non-hydrogen) atoms. The third kappa shape index (κ3) is 12.1. The third-order valence-electron chi connectivity index (χ3n) is 5.22. The van der Waals surface area contributed by atoms with E-state index in [4.69, 9.17) is 19.9 Å². The van der Waals surface area contributed by atoms with Gasteiger partial charge in [0.25, 0.3) is 0 Å². The number of amides is 2. The molecule has 0 aromatic carbocycles. The van der Waals surface area contributed by atoms with Gasteiger partial charge >= 0.3 is 18.2 Å². The Morgan fingerprint density at radius 3 is 1.86 bits per heavy atom. The van der Waals surface area contributed by atoms with Crippen LogP contribution in [0.1, 0.15) is 74.7 Å². The van der Waals surface area contributed by atoms with Gasteiger partial charge in [-0.2, -0.15) is 0 Å². The molecule has 1 radical (unpaired) electrons. The van der Waals surface area contributed by atoms with E-state index in [1.54, 1.807) is 47.6 Å². The van der Waals surface area contributed by atoms with Crippen molar-refractivity contribution in [2.45, 2.75) is 97.9 Å². The largest absolute Gasteiger partial charge is 0.674 e. The van der Waals surface area contributed by atoms with Gasteiger partial charge in [0.2, 0.25) is 5.96 Å². The zero-order valence-corrected chi connectivity index (χ0v) is 27.2. The second-order valence-electron chi connectivity index (χ2n) is 10.4. The van der Waals surface area contributed by atoms with Gasteiger partial charge in [0, 0.05) is 56.1 Å². The molecule has 11 heteroatoms. The molecule has 0 heterocycles. The molecule has 197 valence electrons. The van der Waals surface area contributed by atoms with Gasteiger partial charge < -0.3 is 19.9 Å². The second kappa shape index (κ2) is 14.5. The minimum absolute atomic E-state index is 0. The van der Waals surface area contributed by atoms with E-state index >= 15 is 0 Å². The number of hydrogen-bond donors (Lipinski definition) is 2. The van der Waals surface area contributed by atoms with Crippen LogP contribution in [0, 0.1) is 55.9 Å². The van der Waals surface area contributed by atoms with Crippen molar-refractivity contribution in [3.63, 3.8) is 0 Å². The van der Waals surface area contributed by atoms with Gasteiger partial charge in [-0.3, -0.25) is 10.6 Å². The summed E-state index contributed by atoms with van der Waals surface area (Å²) in [5, 5.41) is 4.94. The Morgan fingerprint density at radius 2 is 1.49 bits per heavy atom. The first kappa shape index (κ1) is 33.8. The van der Waals surface area contributed by atoms with Crippen molar-refractivity contribution < 1.29 is 72.7 Å². The first-order valence-electron chi connectivity index (χ1n) is 11.7. The number of esters is 1. The summed E-state index contributed by atoms with van der Waals surface area (Å²) in [6.45, 7) is 14.3. The van der Waals surface area contributed by atoms with Crippen LogP contribution in [0.5, 0.6) is 0 Å². The fraction of sp³-hybridized carbons (Fsp3) is 0.750. The summed E-state index contributed by atoms with van der Waals surface area (Å²) >= 11 is 0. The van der Waals surface area contributed by atoms with Crippen molar-refractivity contribution in [2.75, 3.05) is 7.11 Å². The molecule has 0 saturated heterocycles. The molecule has 2 amide bonds. The van der Waals surface area contributed by atoms with Crippen molar-refractivity contribution in [1.82, 2.24) is 10.6 Å². The predicted octanol–water partition coefficient (Wildman–Crippen LogP) is 4.74. The fourth-order valence-electron chi connectivity index (χ4n) is 3.70. The number of nitrogens with zero attached hydrogens (tertiary/aromatic N) is 1. The molecule has 0 aromatic rings. The van der Waals surface area contributed by atoms with Crippen LogP contribution in [0.3, 0.4) is 0 Å². The Balaban J connectivity index is 0.0000116. The van der Waals surface area contributed by atoms with Gasteiger partial charge in [-0.05, 0) is 47.5 Å². The fourth-order valence-corrected chi connectivity index (χ4v) is 3.70. The number of carbonyl (C=O) groups is 3. The maximum absolute atomic E-state index is 12.4. The maximum atomic E-state index is 12.4. The molecule has 3 N–H and O–H groups in total. The van der Waals surface area contributed by atoms with Crippen molar-refractivity contribution in [2.24, 2.45) is 16.8 Å². The predicted molar refractivity (Wildman–Crippen MR) is 130 cm³/mol. The van der Waals surface area contributed by atoms with Crippen molar-refractivity contribution in [3.8, 4) is 0 Å². The second-order valence-corrected chi connectivity index (χ2v) is 10.4. The summed E-state index contributed by atoms with van der Waals surface area (Å²) in [6, 6.07) is -1.10. The van der Waals surface area contributed by atoms with Crippen molar-refractivity contribution in [3.05, 3.63) is 17.4 Å². The third-order valence-corrected chi connectivity index (χ3v) is 5.22. The Morgan fingerprint density at radius 1 is 1.03 bits per heavy atom. The van der Waals surface area contributed by atoms with Crippen LogP contribution in [0.4, 0.5) is 9.59 Å². The number of hydrogen-bond acceptors (Lipinski definition) is 7. The number of alkyl carbamates (subject to hydrolysis) is 2. The Labute approximate surface area is 245 Å². The van der Waals surface area contributed by atoms with Crippen LogP contribution in [0.2, 0.25) is 0 Å². The Kier molecular flexibility index (Phi) is 14.0. The number of methoxy groups -OCH3 is 1. The van der Waals surface area contributed by atoms with Gasteiger partial charge in [0.05, 0.1) is 13.2 Å². The summed E-state index contributed by atoms with van der Waals surface area (Å²) in [5.41, 5.74) is 7.70. The molecule has 1 aliphatic rings. The average Bonchev–Trinajstić information content (AvgIpc) is 3.08. The summed E-state index contributed by atoms with van der Waals surface area (Å²) in [6.07, 6.45) is 1.94. The van der Waals surface area contributed by atoms with Gasteiger partial charge in [-0.15, -0.1) is 6.04 Å². The van der Waals surface area contributed by atoms with Crippen LogP contribution in [0.25, 0.3) is 5.73 Å². The normalized spacial score (nSPS) is 18.5. The van der Waals surface area contributed by atoms with Gasteiger partial charge in [-0.25, -0.2) is 19.4 Å². The number of aliphatic imine (C=N–C) groups is 1. The SMILES string of the molecule is CCC(CC)C([NH-])[C@@H]1C=C(C(=O)OC)C[C@H]1N=C(NC(=O)OC(C)(C)C)NC(=O)OC(C)(C)C.[Ac]. The molecule has 1 aliphatic carbocycles. The molecule has 0 spiro atoms. The van der Waals surface area contributed by atoms with Crippen LogP contribution in [-0.4, -0.2) is 54.5 Å². The number of ether oxygens (including phenoxy) is 3. The van der Waals surface area contributed by atoms with Crippen LogP contribution < -0.4 is 10.6 Å². The van der Waals surface area contributed by atoms with Crippen molar-refractivity contribution >= 4 is 24.1 Å². The van der Waals surface area contributed by atoms with Crippen LogP contribution >= 0.6 is 0 Å². The first-order valence-corrected chi connectivity index (χ1v) is 11.7. The number of nitrogens with one attached hydrogen (secondary N) is 3. The van der Waals surface area contributed by atoms with E-state index in [9.17, 15) is 14.4 Å². The zero-order valence-electron chi connectivity index (χ0n) is 22.5. The molecule has 0 saturated carbocycles. The smallest absolute Gasteiger partial charge is 0.414 e. The molecule has 1 rings (SSSR count). The van der Waals surface area contributed by atoms with Gasteiger partial charge in [0.15, 0.2) is 0 Å². The molecule has 0 bridgehead atoms. The van der Waals surface area contributed by atoms with Gasteiger partial charge in [-0.1, -0.05) is 38.7 Å². The van der Waals surface area contributed by atoms with E-state index in [1.165, 1.54) is 7.11 Å². The summed E-state index contributed by atoms with van der Waals surface area (Å²) in [7, 11) is 1.30. The Hall–Kier alpha value is -1.18. The molecule has 0 fully saturated rings. The molecule has 0 aliphatic heterocycles. The summed E-state index contributed by atoms with van der Waals surface area (Å²) < 4.78 is 15.5. The quantitative estimate of drug-likeness (QED) is 0.177. The molecular formula is C24H41AcN4O6-. The van der Waals surface area contributed by atoms with E-state index in [2.05, 4.69) is 15.6 Å². The van der Waals surface area contributed by atoms with Gasteiger partial charge in [0.1, 0.15) is 11.2 Å². The van der Waals surface area contributed by atoms with Crippen molar-refractivity contribution in [1.29, 1.82) is 0 Å². The zero-order chi connectivity index (χ0) is 26.3. The monoisotopic (exact) mass is 708 g/mol. The maximum Gasteiger partial charge on any atom is 0.414 e. The molecule has 0 aromatic heterocycles. The summed E-state index contributed by atoms with van der Waals surface area (Å²) in [5.74, 6) is -0.970. The number of guanidine groups is 1. The van der Waals surface area contributed by atoms with Crippen LogP contribution in [-0.2, 0) is 19.0 Å². The van der Waals surface area contributed by atoms with Crippen LogP contribution in [0.15, 0.2) is 16.6 Å². The topological polar surface area (TPSA) is 139 Å². The summed E-state index contributed by atoms with van der Waals surface area (Å²) in [4.78, 5) is 41.6. The average molecular weight is 709 g/mol. The molecule has 3 atom stereocenters. The minimum atomic E-state index is -0.805. The first-order chi connectivity index (χ1) is 15.6. The molecular weight excluding hydrogens is 667 g/mol. The molecule has 10 nitrogen and oxygen atoms in total. The van der Waals surface area contributed by atoms with E-state index in [0.29, 0.717) is 5.57 Å². The van der Waals surface area contributed by atoms with E-state index in [1.807, 2.05) is 13.8 Å². The molecule has 1 unspecified atom stereocenters. The Bertz CT molecular complexity index is 765. The minimum Gasteiger partial charge on any atom is -0.674 e.